The molecule has 134 valence electrons. The second kappa shape index (κ2) is 8.08. The van der Waals surface area contributed by atoms with Gasteiger partial charge in [-0.1, -0.05) is 30.3 Å². The molecule has 2 atom stereocenters. The van der Waals surface area contributed by atoms with Crippen LogP contribution in [0.4, 0.5) is 0 Å². The third kappa shape index (κ3) is 4.08. The molecule has 2 aromatic rings. The average Bonchev–Trinajstić information content (AvgIpc) is 3.28. The van der Waals surface area contributed by atoms with Crippen LogP contribution < -0.4 is 11.1 Å². The maximum Gasteiger partial charge on any atom is 0.248 e. The average molecular weight is 359 g/mol. The summed E-state index contributed by atoms with van der Waals surface area (Å²) >= 11 is 1.64. The Hall–Kier alpha value is -1.76. The van der Waals surface area contributed by atoms with Crippen LogP contribution in [-0.2, 0) is 11.3 Å². The lowest BCUT2D eigenvalue weighted by molar-refractivity contribution is -0.121. The van der Waals surface area contributed by atoms with Crippen LogP contribution in [0, 0.1) is 0 Å². The van der Waals surface area contributed by atoms with E-state index in [0.29, 0.717) is 0 Å². The lowest BCUT2D eigenvalue weighted by atomic mass is 9.87. The molecule has 1 aromatic heterocycles. The molecule has 0 spiro atoms. The normalized spacial score (nSPS) is 21.5. The van der Waals surface area contributed by atoms with E-state index in [9.17, 15) is 4.79 Å². The summed E-state index contributed by atoms with van der Waals surface area (Å²) in [5.41, 5.74) is 6.98. The number of hydrogen-bond acceptors (Lipinski definition) is 5. The van der Waals surface area contributed by atoms with Crippen molar-refractivity contribution < 1.29 is 9.21 Å². The van der Waals surface area contributed by atoms with Crippen LogP contribution in [0.25, 0.3) is 0 Å². The molecule has 1 saturated heterocycles. The number of thioether (sulfide) groups is 1. The van der Waals surface area contributed by atoms with Gasteiger partial charge in [0.2, 0.25) is 5.91 Å². The summed E-state index contributed by atoms with van der Waals surface area (Å²) in [4.78, 5) is 13.8. The van der Waals surface area contributed by atoms with E-state index in [1.807, 2.05) is 30.3 Å². The SMILES string of the molecule is CN(CCC(c1ccccc1)C1(C(N)=O)NCCS1)Cc1ccco1. The van der Waals surface area contributed by atoms with E-state index in [-0.39, 0.29) is 11.8 Å². The van der Waals surface area contributed by atoms with Gasteiger partial charge in [0.25, 0.3) is 0 Å². The van der Waals surface area contributed by atoms with Gasteiger partial charge in [-0.3, -0.25) is 15.0 Å². The Morgan fingerprint density at radius 3 is 2.76 bits per heavy atom. The Morgan fingerprint density at radius 2 is 2.16 bits per heavy atom. The van der Waals surface area contributed by atoms with Crippen molar-refractivity contribution in [3.63, 3.8) is 0 Å². The number of furan rings is 1. The molecular weight excluding hydrogens is 334 g/mol. The summed E-state index contributed by atoms with van der Waals surface area (Å²) in [5.74, 6) is 1.58. The quantitative estimate of drug-likeness (QED) is 0.757. The number of amides is 1. The predicted octanol–water partition coefficient (Wildman–Crippen LogP) is 2.40. The fourth-order valence-electron chi connectivity index (χ4n) is 3.44. The Balaban J connectivity index is 1.76. The lowest BCUT2D eigenvalue weighted by Gasteiger charge is -2.35. The van der Waals surface area contributed by atoms with Gasteiger partial charge in [0, 0.05) is 18.2 Å². The van der Waals surface area contributed by atoms with Gasteiger partial charge in [-0.05, 0) is 37.7 Å². The second-order valence-corrected chi connectivity index (χ2v) is 7.79. The predicted molar refractivity (Wildman–Crippen MR) is 101 cm³/mol. The summed E-state index contributed by atoms with van der Waals surface area (Å²) in [6, 6.07) is 14.1. The Labute approximate surface area is 152 Å². The number of hydrogen-bond donors (Lipinski definition) is 2. The van der Waals surface area contributed by atoms with Crippen molar-refractivity contribution in [1.82, 2.24) is 10.2 Å². The monoisotopic (exact) mass is 359 g/mol. The number of nitrogens with two attached hydrogens (primary N) is 1. The van der Waals surface area contributed by atoms with Crippen LogP contribution >= 0.6 is 11.8 Å². The number of rotatable bonds is 8. The van der Waals surface area contributed by atoms with Crippen molar-refractivity contribution in [2.75, 3.05) is 25.9 Å². The van der Waals surface area contributed by atoms with Crippen LogP contribution in [0.15, 0.2) is 53.1 Å². The summed E-state index contributed by atoms with van der Waals surface area (Å²) in [6.45, 7) is 2.40. The first-order valence-electron chi connectivity index (χ1n) is 8.56. The summed E-state index contributed by atoms with van der Waals surface area (Å²) in [6.07, 6.45) is 2.53. The zero-order valence-electron chi connectivity index (χ0n) is 14.5. The van der Waals surface area contributed by atoms with Crippen LogP contribution in [0.3, 0.4) is 0 Å². The zero-order chi connectivity index (χ0) is 17.7. The molecule has 3 N–H and O–H groups in total. The first-order valence-corrected chi connectivity index (χ1v) is 9.55. The van der Waals surface area contributed by atoms with Crippen molar-refractivity contribution in [2.24, 2.45) is 5.73 Å². The molecule has 0 saturated carbocycles. The lowest BCUT2D eigenvalue weighted by Crippen LogP contribution is -2.54. The Morgan fingerprint density at radius 1 is 1.36 bits per heavy atom. The molecule has 0 radical (unpaired) electrons. The van der Waals surface area contributed by atoms with E-state index >= 15 is 0 Å². The molecule has 2 heterocycles. The van der Waals surface area contributed by atoms with Crippen LogP contribution in [0.5, 0.6) is 0 Å². The molecule has 0 aliphatic carbocycles. The van der Waals surface area contributed by atoms with Gasteiger partial charge in [0.05, 0.1) is 12.8 Å². The van der Waals surface area contributed by atoms with Gasteiger partial charge in [0.15, 0.2) is 4.87 Å². The van der Waals surface area contributed by atoms with Crippen molar-refractivity contribution >= 4 is 17.7 Å². The van der Waals surface area contributed by atoms with Gasteiger partial charge >= 0.3 is 0 Å². The van der Waals surface area contributed by atoms with E-state index in [1.165, 1.54) is 0 Å². The topological polar surface area (TPSA) is 71.5 Å². The summed E-state index contributed by atoms with van der Waals surface area (Å²) < 4.78 is 5.42. The smallest absolute Gasteiger partial charge is 0.248 e. The van der Waals surface area contributed by atoms with Gasteiger partial charge in [0.1, 0.15) is 5.76 Å². The first-order chi connectivity index (χ1) is 12.1. The molecule has 1 aromatic carbocycles. The minimum atomic E-state index is -0.729. The van der Waals surface area contributed by atoms with E-state index in [2.05, 4.69) is 29.4 Å². The molecule has 25 heavy (non-hydrogen) atoms. The highest BCUT2D eigenvalue weighted by atomic mass is 32.2. The highest BCUT2D eigenvalue weighted by molar-refractivity contribution is 8.01. The maximum atomic E-state index is 12.3. The third-order valence-corrected chi connectivity index (χ3v) is 6.18. The van der Waals surface area contributed by atoms with Crippen molar-refractivity contribution in [1.29, 1.82) is 0 Å². The molecular formula is C19H25N3O2S. The van der Waals surface area contributed by atoms with Crippen LogP contribution in [-0.4, -0.2) is 41.6 Å². The zero-order valence-corrected chi connectivity index (χ0v) is 15.3. The third-order valence-electron chi connectivity index (χ3n) is 4.68. The number of carbonyl (C=O) groups excluding carboxylic acids is 1. The maximum absolute atomic E-state index is 12.3. The van der Waals surface area contributed by atoms with Crippen molar-refractivity contribution in [2.45, 2.75) is 23.8 Å². The molecule has 2 unspecified atom stereocenters. The van der Waals surface area contributed by atoms with E-state index < -0.39 is 4.87 Å². The molecule has 3 rings (SSSR count). The van der Waals surface area contributed by atoms with Crippen molar-refractivity contribution in [3.8, 4) is 0 Å². The standard InChI is InChI=1S/C19H25N3O2S/c1-22(14-16-8-5-12-24-16)11-9-17(15-6-3-2-4-7-15)19(18(20)23)21-10-13-25-19/h2-8,12,17,21H,9-11,13-14H2,1H3,(H2,20,23). The minimum absolute atomic E-state index is 0.0257. The Kier molecular flexibility index (Phi) is 5.83. The van der Waals surface area contributed by atoms with Gasteiger partial charge in [-0.25, -0.2) is 0 Å². The molecule has 6 heteroatoms. The van der Waals surface area contributed by atoms with E-state index in [4.69, 9.17) is 10.2 Å². The van der Waals surface area contributed by atoms with Crippen molar-refractivity contribution in [3.05, 3.63) is 60.1 Å². The largest absolute Gasteiger partial charge is 0.468 e. The highest BCUT2D eigenvalue weighted by Crippen LogP contribution is 2.42. The molecule has 0 bridgehead atoms. The summed E-state index contributed by atoms with van der Waals surface area (Å²) in [5, 5.41) is 3.39. The number of carbonyl (C=O) groups is 1. The highest BCUT2D eigenvalue weighted by Gasteiger charge is 2.47. The first kappa shape index (κ1) is 18.0. The molecule has 1 aliphatic rings. The van der Waals surface area contributed by atoms with Gasteiger partial charge in [-0.2, -0.15) is 0 Å². The Bertz CT molecular complexity index is 669. The fraction of sp³-hybridized carbons (Fsp3) is 0.421. The van der Waals surface area contributed by atoms with Gasteiger partial charge in [-0.15, -0.1) is 11.8 Å². The molecule has 1 fully saturated rings. The van der Waals surface area contributed by atoms with E-state index in [1.54, 1.807) is 18.0 Å². The molecule has 1 amide bonds. The van der Waals surface area contributed by atoms with E-state index in [0.717, 1.165) is 43.1 Å². The van der Waals surface area contributed by atoms with Crippen LogP contribution in [0.1, 0.15) is 23.7 Å². The number of nitrogens with one attached hydrogen (secondary N) is 1. The van der Waals surface area contributed by atoms with Gasteiger partial charge < -0.3 is 10.2 Å². The number of nitrogens with zero attached hydrogens (tertiary/aromatic N) is 1. The number of benzene rings is 1. The van der Waals surface area contributed by atoms with Crippen LogP contribution in [0.2, 0.25) is 0 Å². The molecule has 1 aliphatic heterocycles. The fourth-order valence-corrected chi connectivity index (χ4v) is 4.77. The number of primary amides is 1. The minimum Gasteiger partial charge on any atom is -0.468 e. The summed E-state index contributed by atoms with van der Waals surface area (Å²) in [7, 11) is 2.07. The second-order valence-electron chi connectivity index (χ2n) is 6.44. The molecule has 5 nitrogen and oxygen atoms in total.